The van der Waals surface area contributed by atoms with Crippen LogP contribution in [0.3, 0.4) is 0 Å². The van der Waals surface area contributed by atoms with Gasteiger partial charge in [-0.3, -0.25) is 4.90 Å². The van der Waals surface area contributed by atoms with E-state index in [1.165, 1.54) is 12.1 Å². The van der Waals surface area contributed by atoms with Crippen molar-refractivity contribution in [3.8, 4) is 0 Å². The van der Waals surface area contributed by atoms with Crippen LogP contribution in [0.4, 0.5) is 4.39 Å². The lowest BCUT2D eigenvalue weighted by Gasteiger charge is -2.36. The monoisotopic (exact) mass is 280 g/mol. The van der Waals surface area contributed by atoms with Gasteiger partial charge in [0.05, 0.1) is 5.60 Å². The molecule has 2 rings (SSSR count). The summed E-state index contributed by atoms with van der Waals surface area (Å²) in [5.41, 5.74) is 6.34. The lowest BCUT2D eigenvalue weighted by Crippen LogP contribution is -2.45. The molecular weight excluding hydrogens is 255 g/mol. The van der Waals surface area contributed by atoms with Crippen LogP contribution in [0.15, 0.2) is 24.3 Å². The maximum atomic E-state index is 13.4. The van der Waals surface area contributed by atoms with Crippen molar-refractivity contribution in [2.45, 2.75) is 50.3 Å². The molecule has 1 aromatic carbocycles. The highest BCUT2D eigenvalue weighted by Crippen LogP contribution is 2.33. The summed E-state index contributed by atoms with van der Waals surface area (Å²) in [5, 5.41) is 10.5. The van der Waals surface area contributed by atoms with Crippen molar-refractivity contribution in [1.29, 1.82) is 0 Å². The summed E-state index contributed by atoms with van der Waals surface area (Å²) in [4.78, 5) is 2.06. The molecule has 0 amide bonds. The van der Waals surface area contributed by atoms with Gasteiger partial charge in [-0.15, -0.1) is 0 Å². The molecule has 0 aliphatic heterocycles. The van der Waals surface area contributed by atoms with Gasteiger partial charge in [0.25, 0.3) is 0 Å². The lowest BCUT2D eigenvalue weighted by atomic mass is 9.96. The Morgan fingerprint density at radius 1 is 1.40 bits per heavy atom. The summed E-state index contributed by atoms with van der Waals surface area (Å²) >= 11 is 0. The predicted molar refractivity (Wildman–Crippen MR) is 78.8 cm³/mol. The fourth-order valence-corrected chi connectivity index (χ4v) is 3.40. The van der Waals surface area contributed by atoms with Gasteiger partial charge in [-0.05, 0) is 44.5 Å². The molecule has 0 aromatic heterocycles. The van der Waals surface area contributed by atoms with Gasteiger partial charge in [-0.2, -0.15) is 0 Å². The number of benzene rings is 1. The second kappa shape index (κ2) is 6.20. The molecule has 2 atom stereocenters. The van der Waals surface area contributed by atoms with Crippen LogP contribution >= 0.6 is 0 Å². The van der Waals surface area contributed by atoms with Crippen molar-refractivity contribution in [1.82, 2.24) is 4.90 Å². The highest BCUT2D eigenvalue weighted by Gasteiger charge is 2.34. The van der Waals surface area contributed by atoms with E-state index in [1.807, 2.05) is 20.0 Å². The quantitative estimate of drug-likeness (QED) is 0.871. The van der Waals surface area contributed by atoms with Crippen molar-refractivity contribution >= 4 is 0 Å². The van der Waals surface area contributed by atoms with E-state index in [0.29, 0.717) is 6.54 Å². The number of halogens is 1. The van der Waals surface area contributed by atoms with Gasteiger partial charge < -0.3 is 10.8 Å². The summed E-state index contributed by atoms with van der Waals surface area (Å²) < 4.78 is 13.4. The molecular formula is C16H25FN2O. The Kier molecular flexibility index (Phi) is 4.78. The van der Waals surface area contributed by atoms with E-state index in [1.54, 1.807) is 6.07 Å². The van der Waals surface area contributed by atoms with Crippen molar-refractivity contribution in [2.75, 3.05) is 13.6 Å². The van der Waals surface area contributed by atoms with Crippen LogP contribution in [-0.4, -0.2) is 35.2 Å². The summed E-state index contributed by atoms with van der Waals surface area (Å²) in [7, 11) is 1.95. The molecule has 0 bridgehead atoms. The summed E-state index contributed by atoms with van der Waals surface area (Å²) in [6.45, 7) is 2.50. The number of nitrogens with zero attached hydrogens (tertiary/aromatic N) is 1. The van der Waals surface area contributed by atoms with E-state index in [9.17, 15) is 9.50 Å². The Labute approximate surface area is 120 Å². The minimum atomic E-state index is -0.616. The maximum absolute atomic E-state index is 13.4. The maximum Gasteiger partial charge on any atom is 0.123 e. The Bertz CT molecular complexity index is 444. The van der Waals surface area contributed by atoms with E-state index in [0.717, 1.165) is 31.2 Å². The number of hydrogen-bond acceptors (Lipinski definition) is 3. The molecule has 1 aliphatic rings. The average molecular weight is 280 g/mol. The van der Waals surface area contributed by atoms with E-state index in [2.05, 4.69) is 4.90 Å². The van der Waals surface area contributed by atoms with E-state index in [4.69, 9.17) is 5.73 Å². The summed E-state index contributed by atoms with van der Waals surface area (Å²) in [5.74, 6) is -0.249. The molecule has 2 unspecified atom stereocenters. The van der Waals surface area contributed by atoms with Gasteiger partial charge in [-0.25, -0.2) is 4.39 Å². The average Bonchev–Trinajstić information content (AvgIpc) is 2.75. The molecule has 0 radical (unpaired) electrons. The van der Waals surface area contributed by atoms with Crippen molar-refractivity contribution < 1.29 is 9.50 Å². The third-order valence-corrected chi connectivity index (χ3v) is 4.24. The molecule has 0 spiro atoms. The molecule has 4 heteroatoms. The van der Waals surface area contributed by atoms with Gasteiger partial charge in [-0.1, -0.05) is 25.0 Å². The first kappa shape index (κ1) is 15.4. The zero-order valence-corrected chi connectivity index (χ0v) is 12.3. The van der Waals surface area contributed by atoms with Gasteiger partial charge in [0.15, 0.2) is 0 Å². The number of likely N-dealkylation sites (N-methyl/N-ethyl adjacent to an activating group) is 1. The van der Waals surface area contributed by atoms with E-state index >= 15 is 0 Å². The molecule has 1 aliphatic carbocycles. The Hall–Kier alpha value is -0.970. The first-order chi connectivity index (χ1) is 9.41. The predicted octanol–water partition coefficient (Wildman–Crippen LogP) is 2.45. The third kappa shape index (κ3) is 3.57. The largest absolute Gasteiger partial charge is 0.389 e. The first-order valence-electron chi connectivity index (χ1n) is 7.35. The molecule has 1 saturated carbocycles. The van der Waals surface area contributed by atoms with Crippen LogP contribution in [0.25, 0.3) is 0 Å². The Morgan fingerprint density at radius 2 is 2.05 bits per heavy atom. The highest BCUT2D eigenvalue weighted by atomic mass is 19.1. The minimum absolute atomic E-state index is 0.0877. The number of hydrogen-bond donors (Lipinski definition) is 2. The first-order valence-corrected chi connectivity index (χ1v) is 7.35. The fourth-order valence-electron chi connectivity index (χ4n) is 3.40. The zero-order valence-electron chi connectivity index (χ0n) is 12.3. The zero-order chi connectivity index (χ0) is 14.8. The highest BCUT2D eigenvalue weighted by molar-refractivity contribution is 5.21. The lowest BCUT2D eigenvalue weighted by molar-refractivity contribution is 0.00251. The summed E-state index contributed by atoms with van der Waals surface area (Å²) in [6, 6.07) is 6.35. The van der Waals surface area contributed by atoms with Crippen molar-refractivity contribution in [2.24, 2.45) is 5.73 Å². The molecule has 1 fully saturated rings. The molecule has 0 saturated heterocycles. The Balaban J connectivity index is 2.16. The molecule has 1 aromatic rings. The van der Waals surface area contributed by atoms with Crippen molar-refractivity contribution in [3.63, 3.8) is 0 Å². The summed E-state index contributed by atoms with van der Waals surface area (Å²) in [6.07, 6.45) is 3.83. The van der Waals surface area contributed by atoms with Gasteiger partial charge >= 0.3 is 0 Å². The minimum Gasteiger partial charge on any atom is -0.389 e. The van der Waals surface area contributed by atoms with Crippen LogP contribution in [0.1, 0.15) is 44.2 Å². The fraction of sp³-hybridized carbons (Fsp3) is 0.625. The second-order valence-electron chi connectivity index (χ2n) is 6.21. The van der Waals surface area contributed by atoms with Crippen LogP contribution in [0, 0.1) is 5.82 Å². The van der Waals surface area contributed by atoms with Crippen molar-refractivity contribution in [3.05, 3.63) is 35.6 Å². The topological polar surface area (TPSA) is 49.5 Å². The number of rotatable bonds is 5. The van der Waals surface area contributed by atoms with Crippen LogP contribution in [0.5, 0.6) is 0 Å². The van der Waals surface area contributed by atoms with E-state index < -0.39 is 5.60 Å². The molecule has 112 valence electrons. The Morgan fingerprint density at radius 3 is 2.60 bits per heavy atom. The van der Waals surface area contributed by atoms with Crippen LogP contribution in [-0.2, 0) is 0 Å². The molecule has 3 N–H and O–H groups in total. The smallest absolute Gasteiger partial charge is 0.123 e. The van der Waals surface area contributed by atoms with Gasteiger partial charge in [0.1, 0.15) is 5.82 Å². The number of nitrogens with two attached hydrogens (primary N) is 1. The van der Waals surface area contributed by atoms with Crippen LogP contribution < -0.4 is 5.73 Å². The number of aliphatic hydroxyl groups is 1. The van der Waals surface area contributed by atoms with E-state index in [-0.39, 0.29) is 17.9 Å². The van der Waals surface area contributed by atoms with Gasteiger partial charge in [0, 0.05) is 18.6 Å². The molecule has 20 heavy (non-hydrogen) atoms. The third-order valence-electron chi connectivity index (χ3n) is 4.24. The normalized spacial score (nSPS) is 21.1. The van der Waals surface area contributed by atoms with Gasteiger partial charge in [0.2, 0.25) is 0 Å². The molecule has 0 heterocycles. The standard InChI is InChI=1S/C16H25FN2O/c1-12(18)15(13-6-5-7-14(17)10-13)19(2)11-16(20)8-3-4-9-16/h5-7,10,12,15,20H,3-4,8-9,11,18H2,1-2H3. The second-order valence-corrected chi connectivity index (χ2v) is 6.21. The van der Waals surface area contributed by atoms with Crippen LogP contribution in [0.2, 0.25) is 0 Å². The SMILES string of the molecule is CC(N)C(c1cccc(F)c1)N(C)CC1(O)CCCC1. The molecule has 3 nitrogen and oxygen atoms in total.